The molecule has 0 unspecified atom stereocenters. The van der Waals surface area contributed by atoms with Gasteiger partial charge in [0.25, 0.3) is 0 Å². The van der Waals surface area contributed by atoms with Crippen molar-refractivity contribution in [2.75, 3.05) is 13.2 Å². The van der Waals surface area contributed by atoms with Gasteiger partial charge in [-0.2, -0.15) is 0 Å². The Bertz CT molecular complexity index is 856. The molecule has 0 spiro atoms. The third kappa shape index (κ3) is 3.30. The topological polar surface area (TPSA) is 54.2 Å². The molecule has 3 aromatic rings. The van der Waals surface area contributed by atoms with Crippen LogP contribution < -0.4 is 0 Å². The van der Waals surface area contributed by atoms with Crippen LogP contribution in [-0.2, 0) is 13.1 Å². The van der Waals surface area contributed by atoms with Gasteiger partial charge in [0.05, 0.1) is 19.7 Å². The molecule has 1 aliphatic rings. The number of nitrogens with zero attached hydrogens (tertiary/aromatic N) is 4. The van der Waals surface area contributed by atoms with Crippen molar-refractivity contribution in [2.24, 2.45) is 0 Å². The van der Waals surface area contributed by atoms with E-state index < -0.39 is 0 Å². The maximum atomic E-state index is 9.60. The summed E-state index contributed by atoms with van der Waals surface area (Å²) in [5, 5.41) is 9.60. The molecule has 1 saturated heterocycles. The Morgan fingerprint density at radius 3 is 2.80 bits per heavy atom. The maximum absolute atomic E-state index is 9.60. The summed E-state index contributed by atoms with van der Waals surface area (Å²) in [5.74, 6) is 1.02. The first-order valence-electron chi connectivity index (χ1n) is 8.95. The van der Waals surface area contributed by atoms with Crippen LogP contribution in [0.5, 0.6) is 0 Å². The number of hydrogen-bond donors (Lipinski definition) is 1. The van der Waals surface area contributed by atoms with E-state index in [0.29, 0.717) is 0 Å². The lowest BCUT2D eigenvalue weighted by Gasteiger charge is -2.22. The van der Waals surface area contributed by atoms with Crippen LogP contribution >= 0.6 is 0 Å². The van der Waals surface area contributed by atoms with Crippen LogP contribution in [0.3, 0.4) is 0 Å². The van der Waals surface area contributed by atoms with Crippen LogP contribution in [0.1, 0.15) is 29.8 Å². The van der Waals surface area contributed by atoms with Crippen molar-refractivity contribution in [3.05, 3.63) is 59.5 Å². The number of aryl methyl sites for hydroxylation is 1. The summed E-state index contributed by atoms with van der Waals surface area (Å²) < 4.78 is 2.22. The predicted molar refractivity (Wildman–Crippen MR) is 98.3 cm³/mol. The first kappa shape index (κ1) is 16.2. The standard InChI is InChI=1S/C20H24N4O/c1-15-6-8-16(9-7-15)12-24-19(13-23-11-3-4-17(23)14-25)22-18-5-2-10-21-20(18)24/h2,5-10,17,25H,3-4,11-14H2,1H3/t17-/m0/s1. The Morgan fingerprint density at radius 1 is 1.16 bits per heavy atom. The molecule has 0 saturated carbocycles. The van der Waals surface area contributed by atoms with Gasteiger partial charge in [-0.15, -0.1) is 0 Å². The summed E-state index contributed by atoms with van der Waals surface area (Å²) in [6.45, 7) is 4.86. The SMILES string of the molecule is Cc1ccc(Cn2c(CN3CCC[C@H]3CO)nc3cccnc32)cc1. The predicted octanol–water partition coefficient (Wildman–Crippen LogP) is 2.74. The maximum Gasteiger partial charge on any atom is 0.160 e. The van der Waals surface area contributed by atoms with E-state index in [4.69, 9.17) is 4.98 Å². The summed E-state index contributed by atoms with van der Waals surface area (Å²) in [6, 6.07) is 12.8. The molecule has 1 aromatic carbocycles. The van der Waals surface area contributed by atoms with Crippen LogP contribution in [0.25, 0.3) is 11.2 Å². The number of rotatable bonds is 5. The number of likely N-dealkylation sites (tertiary alicyclic amines) is 1. The normalized spacial score (nSPS) is 18.2. The molecule has 5 nitrogen and oxygen atoms in total. The lowest BCUT2D eigenvalue weighted by Crippen LogP contribution is -2.32. The van der Waals surface area contributed by atoms with Crippen LogP contribution in [0, 0.1) is 6.92 Å². The highest BCUT2D eigenvalue weighted by molar-refractivity contribution is 5.71. The van der Waals surface area contributed by atoms with Gasteiger partial charge in [-0.1, -0.05) is 29.8 Å². The molecule has 1 aliphatic heterocycles. The van der Waals surface area contributed by atoms with E-state index >= 15 is 0 Å². The monoisotopic (exact) mass is 336 g/mol. The second kappa shape index (κ2) is 6.94. The molecule has 3 heterocycles. The van der Waals surface area contributed by atoms with E-state index in [2.05, 4.69) is 45.6 Å². The van der Waals surface area contributed by atoms with E-state index in [1.807, 2.05) is 18.3 Å². The fraction of sp³-hybridized carbons (Fsp3) is 0.400. The van der Waals surface area contributed by atoms with Gasteiger partial charge >= 0.3 is 0 Å². The van der Waals surface area contributed by atoms with E-state index in [9.17, 15) is 5.11 Å². The van der Waals surface area contributed by atoms with Crippen molar-refractivity contribution in [1.29, 1.82) is 0 Å². The Kier molecular flexibility index (Phi) is 4.51. The molecule has 0 radical (unpaired) electrons. The number of imidazole rings is 1. The van der Waals surface area contributed by atoms with Gasteiger partial charge in [0.15, 0.2) is 5.65 Å². The number of aromatic nitrogens is 3. The van der Waals surface area contributed by atoms with Gasteiger partial charge in [-0.3, -0.25) is 4.90 Å². The van der Waals surface area contributed by atoms with E-state index in [0.717, 1.165) is 49.5 Å². The smallest absolute Gasteiger partial charge is 0.160 e. The van der Waals surface area contributed by atoms with E-state index in [-0.39, 0.29) is 12.6 Å². The summed E-state index contributed by atoms with van der Waals surface area (Å²) in [7, 11) is 0. The van der Waals surface area contributed by atoms with Crippen molar-refractivity contribution < 1.29 is 5.11 Å². The first-order valence-corrected chi connectivity index (χ1v) is 8.95. The molecule has 5 heteroatoms. The highest BCUT2D eigenvalue weighted by Crippen LogP contribution is 2.22. The number of fused-ring (bicyclic) bond motifs is 1. The molecule has 0 bridgehead atoms. The fourth-order valence-electron chi connectivity index (χ4n) is 3.66. The Morgan fingerprint density at radius 2 is 2.00 bits per heavy atom. The number of hydrogen-bond acceptors (Lipinski definition) is 4. The van der Waals surface area contributed by atoms with Gasteiger partial charge in [0, 0.05) is 12.2 Å². The number of pyridine rings is 1. The van der Waals surface area contributed by atoms with Crippen molar-refractivity contribution in [3.63, 3.8) is 0 Å². The number of aliphatic hydroxyl groups excluding tert-OH is 1. The van der Waals surface area contributed by atoms with Crippen molar-refractivity contribution in [1.82, 2.24) is 19.4 Å². The molecule has 1 atom stereocenters. The summed E-state index contributed by atoms with van der Waals surface area (Å²) >= 11 is 0. The Hall–Kier alpha value is -2.24. The molecule has 4 rings (SSSR count). The lowest BCUT2D eigenvalue weighted by molar-refractivity contribution is 0.150. The molecular formula is C20H24N4O. The summed E-state index contributed by atoms with van der Waals surface area (Å²) in [4.78, 5) is 11.7. The molecule has 1 fully saturated rings. The minimum absolute atomic E-state index is 0.219. The van der Waals surface area contributed by atoms with Gasteiger partial charge in [0.2, 0.25) is 0 Å². The van der Waals surface area contributed by atoms with Gasteiger partial charge < -0.3 is 9.67 Å². The van der Waals surface area contributed by atoms with Crippen molar-refractivity contribution in [3.8, 4) is 0 Å². The lowest BCUT2D eigenvalue weighted by atomic mass is 10.1. The van der Waals surface area contributed by atoms with Crippen LogP contribution in [0.15, 0.2) is 42.6 Å². The molecule has 1 N–H and O–H groups in total. The zero-order valence-electron chi connectivity index (χ0n) is 14.6. The van der Waals surface area contributed by atoms with Gasteiger partial charge in [0.1, 0.15) is 11.3 Å². The molecule has 25 heavy (non-hydrogen) atoms. The first-order chi connectivity index (χ1) is 12.2. The Labute approximate surface area is 147 Å². The highest BCUT2D eigenvalue weighted by atomic mass is 16.3. The molecule has 130 valence electrons. The second-order valence-electron chi connectivity index (χ2n) is 6.90. The van der Waals surface area contributed by atoms with Gasteiger partial charge in [-0.25, -0.2) is 9.97 Å². The van der Waals surface area contributed by atoms with Crippen molar-refractivity contribution >= 4 is 11.2 Å². The molecule has 0 amide bonds. The average Bonchev–Trinajstić information content (AvgIpc) is 3.22. The van der Waals surface area contributed by atoms with E-state index in [1.165, 1.54) is 11.1 Å². The zero-order valence-corrected chi connectivity index (χ0v) is 14.6. The molecule has 0 aliphatic carbocycles. The fourth-order valence-corrected chi connectivity index (χ4v) is 3.66. The molecule has 2 aromatic heterocycles. The van der Waals surface area contributed by atoms with Crippen LogP contribution in [0.4, 0.5) is 0 Å². The third-order valence-electron chi connectivity index (χ3n) is 5.10. The number of benzene rings is 1. The Balaban J connectivity index is 1.69. The summed E-state index contributed by atoms with van der Waals surface area (Å²) in [6.07, 6.45) is 4.03. The largest absolute Gasteiger partial charge is 0.395 e. The van der Waals surface area contributed by atoms with Crippen molar-refractivity contribution in [2.45, 2.75) is 38.9 Å². The molecular weight excluding hydrogens is 312 g/mol. The zero-order chi connectivity index (χ0) is 17.2. The minimum atomic E-state index is 0.219. The highest BCUT2D eigenvalue weighted by Gasteiger charge is 2.25. The van der Waals surface area contributed by atoms with Gasteiger partial charge in [-0.05, 0) is 44.0 Å². The van der Waals surface area contributed by atoms with Crippen LogP contribution in [0.2, 0.25) is 0 Å². The van der Waals surface area contributed by atoms with E-state index in [1.54, 1.807) is 0 Å². The summed E-state index contributed by atoms with van der Waals surface area (Å²) in [5.41, 5.74) is 4.37. The third-order valence-corrected chi connectivity index (χ3v) is 5.10. The van der Waals surface area contributed by atoms with Crippen LogP contribution in [-0.4, -0.2) is 43.7 Å². The second-order valence-corrected chi connectivity index (χ2v) is 6.90. The number of aliphatic hydroxyl groups is 1. The quantitative estimate of drug-likeness (QED) is 0.778. The average molecular weight is 336 g/mol. The minimum Gasteiger partial charge on any atom is -0.395 e.